The molecular weight excluding hydrogens is 200 g/mol. The van der Waals surface area contributed by atoms with Crippen molar-refractivity contribution in [3.63, 3.8) is 0 Å². The summed E-state index contributed by atoms with van der Waals surface area (Å²) in [6.45, 7) is 1.79. The molecule has 1 aliphatic heterocycles. The average molecular weight is 210 g/mol. The zero-order valence-electron chi connectivity index (χ0n) is 7.50. The molecule has 0 spiro atoms. The van der Waals surface area contributed by atoms with E-state index in [0.29, 0.717) is 0 Å². The van der Waals surface area contributed by atoms with Gasteiger partial charge in [-0.1, -0.05) is 18.2 Å². The summed E-state index contributed by atoms with van der Waals surface area (Å²) >= 11 is 0. The van der Waals surface area contributed by atoms with Crippen molar-refractivity contribution in [3.8, 4) is 0 Å². The molecule has 0 saturated carbocycles. The van der Waals surface area contributed by atoms with Gasteiger partial charge in [0, 0.05) is 13.1 Å². The largest absolute Gasteiger partial charge is 0.358 e. The SMILES string of the molecule is O=S(=O)(N=CN1CC1)c1ccccc1. The van der Waals surface area contributed by atoms with Gasteiger partial charge in [0.1, 0.15) is 6.34 Å². The maximum atomic E-state index is 11.5. The first-order valence-corrected chi connectivity index (χ1v) is 5.72. The minimum Gasteiger partial charge on any atom is -0.358 e. The van der Waals surface area contributed by atoms with Crippen LogP contribution in [0.4, 0.5) is 0 Å². The Balaban J connectivity index is 2.23. The van der Waals surface area contributed by atoms with Crippen molar-refractivity contribution in [2.45, 2.75) is 4.90 Å². The van der Waals surface area contributed by atoms with E-state index < -0.39 is 10.0 Å². The number of nitrogens with zero attached hydrogens (tertiary/aromatic N) is 2. The van der Waals surface area contributed by atoms with Crippen molar-refractivity contribution in [1.29, 1.82) is 0 Å². The van der Waals surface area contributed by atoms with Gasteiger partial charge in [-0.25, -0.2) is 0 Å². The third kappa shape index (κ3) is 2.11. The summed E-state index contributed by atoms with van der Waals surface area (Å²) < 4.78 is 26.6. The fraction of sp³-hybridized carbons (Fsp3) is 0.222. The molecule has 1 saturated heterocycles. The first-order chi connectivity index (χ1) is 6.68. The van der Waals surface area contributed by atoms with E-state index in [4.69, 9.17) is 0 Å². The molecule has 0 unspecified atom stereocenters. The number of benzene rings is 1. The van der Waals surface area contributed by atoms with Crippen molar-refractivity contribution in [1.82, 2.24) is 4.90 Å². The van der Waals surface area contributed by atoms with Crippen LogP contribution in [-0.4, -0.2) is 32.7 Å². The zero-order chi connectivity index (χ0) is 10.0. The molecule has 1 aromatic carbocycles. The van der Waals surface area contributed by atoms with Crippen molar-refractivity contribution >= 4 is 16.4 Å². The Morgan fingerprint density at radius 3 is 2.43 bits per heavy atom. The molecule has 14 heavy (non-hydrogen) atoms. The third-order valence-corrected chi connectivity index (χ3v) is 3.11. The fourth-order valence-corrected chi connectivity index (χ4v) is 1.84. The Labute approximate surface area is 82.9 Å². The Bertz CT molecular complexity index is 435. The normalized spacial score (nSPS) is 16.1. The van der Waals surface area contributed by atoms with Crippen molar-refractivity contribution in [3.05, 3.63) is 30.3 Å². The molecule has 4 nitrogen and oxygen atoms in total. The Morgan fingerprint density at radius 2 is 1.86 bits per heavy atom. The summed E-state index contributed by atoms with van der Waals surface area (Å²) in [5, 5.41) is 0. The average Bonchev–Trinajstić information content (AvgIpc) is 3.00. The lowest BCUT2D eigenvalue weighted by molar-refractivity contribution is 0.597. The topological polar surface area (TPSA) is 49.5 Å². The first kappa shape index (κ1) is 9.21. The molecular formula is C9H10N2O2S. The molecule has 1 heterocycles. The predicted molar refractivity (Wildman–Crippen MR) is 53.7 cm³/mol. The van der Waals surface area contributed by atoms with E-state index >= 15 is 0 Å². The van der Waals surface area contributed by atoms with Gasteiger partial charge in [0.25, 0.3) is 10.0 Å². The molecule has 0 amide bonds. The molecule has 5 heteroatoms. The van der Waals surface area contributed by atoms with Crippen LogP contribution in [-0.2, 0) is 10.0 Å². The monoisotopic (exact) mass is 210 g/mol. The van der Waals surface area contributed by atoms with Gasteiger partial charge in [-0.15, -0.1) is 4.40 Å². The van der Waals surface area contributed by atoms with E-state index in [-0.39, 0.29) is 4.90 Å². The Kier molecular flexibility index (Phi) is 2.25. The van der Waals surface area contributed by atoms with Crippen LogP contribution in [0.25, 0.3) is 0 Å². The van der Waals surface area contributed by atoms with Crippen LogP contribution < -0.4 is 0 Å². The van der Waals surface area contributed by atoms with Crippen molar-refractivity contribution in [2.75, 3.05) is 13.1 Å². The van der Waals surface area contributed by atoms with E-state index in [1.165, 1.54) is 18.5 Å². The van der Waals surface area contributed by atoms with Crippen LogP contribution in [0.2, 0.25) is 0 Å². The van der Waals surface area contributed by atoms with Crippen LogP contribution in [0, 0.1) is 0 Å². The fourth-order valence-electron chi connectivity index (χ4n) is 0.955. The summed E-state index contributed by atoms with van der Waals surface area (Å²) in [6.07, 6.45) is 1.38. The van der Waals surface area contributed by atoms with E-state index in [2.05, 4.69) is 4.40 Å². The highest BCUT2D eigenvalue weighted by Gasteiger charge is 2.15. The van der Waals surface area contributed by atoms with E-state index in [1.807, 2.05) is 4.90 Å². The molecule has 74 valence electrons. The highest BCUT2D eigenvalue weighted by atomic mass is 32.2. The minimum atomic E-state index is -3.49. The molecule has 2 rings (SSSR count). The summed E-state index contributed by atoms with van der Waals surface area (Å²) in [6, 6.07) is 8.20. The number of hydrogen-bond donors (Lipinski definition) is 0. The second-order valence-corrected chi connectivity index (χ2v) is 4.68. The first-order valence-electron chi connectivity index (χ1n) is 4.28. The van der Waals surface area contributed by atoms with Gasteiger partial charge in [-0.3, -0.25) is 0 Å². The number of hydrogen-bond acceptors (Lipinski definition) is 2. The van der Waals surface area contributed by atoms with E-state index in [9.17, 15) is 8.42 Å². The van der Waals surface area contributed by atoms with Crippen molar-refractivity contribution < 1.29 is 8.42 Å². The lowest BCUT2D eigenvalue weighted by Gasteiger charge is -1.96. The van der Waals surface area contributed by atoms with Gasteiger partial charge in [0.2, 0.25) is 0 Å². The maximum Gasteiger partial charge on any atom is 0.283 e. The van der Waals surface area contributed by atoms with Gasteiger partial charge in [-0.2, -0.15) is 8.42 Å². The van der Waals surface area contributed by atoms with Crippen LogP contribution in [0.1, 0.15) is 0 Å². The molecule has 0 atom stereocenters. The lowest BCUT2D eigenvalue weighted by atomic mass is 10.4. The Hall–Kier alpha value is -1.36. The van der Waals surface area contributed by atoms with Gasteiger partial charge in [0.15, 0.2) is 0 Å². The van der Waals surface area contributed by atoms with E-state index in [0.717, 1.165) is 13.1 Å². The van der Waals surface area contributed by atoms with Crippen molar-refractivity contribution in [2.24, 2.45) is 4.40 Å². The third-order valence-electron chi connectivity index (χ3n) is 1.87. The molecule has 0 aliphatic carbocycles. The molecule has 0 radical (unpaired) electrons. The van der Waals surface area contributed by atoms with Gasteiger partial charge in [0.05, 0.1) is 4.90 Å². The molecule has 1 aliphatic rings. The van der Waals surface area contributed by atoms with E-state index in [1.54, 1.807) is 18.2 Å². The lowest BCUT2D eigenvalue weighted by Crippen LogP contribution is -2.00. The standard InChI is InChI=1S/C9H10N2O2S/c12-14(13,10-8-11-6-7-11)9-4-2-1-3-5-9/h1-5,8H,6-7H2. The van der Waals surface area contributed by atoms with Crippen LogP contribution in [0.3, 0.4) is 0 Å². The number of rotatable bonds is 3. The van der Waals surface area contributed by atoms with Crippen LogP contribution in [0.15, 0.2) is 39.6 Å². The summed E-state index contributed by atoms with van der Waals surface area (Å²) in [5.41, 5.74) is 0. The Morgan fingerprint density at radius 1 is 1.21 bits per heavy atom. The molecule has 0 N–H and O–H groups in total. The van der Waals surface area contributed by atoms with Crippen LogP contribution >= 0.6 is 0 Å². The second kappa shape index (κ2) is 3.42. The smallest absolute Gasteiger partial charge is 0.283 e. The summed E-state index contributed by atoms with van der Waals surface area (Å²) in [5.74, 6) is 0. The quantitative estimate of drug-likeness (QED) is 0.419. The summed E-state index contributed by atoms with van der Waals surface area (Å²) in [7, 11) is -3.49. The highest BCUT2D eigenvalue weighted by Crippen LogP contribution is 2.11. The minimum absolute atomic E-state index is 0.234. The van der Waals surface area contributed by atoms with Crippen LogP contribution in [0.5, 0.6) is 0 Å². The predicted octanol–water partition coefficient (Wildman–Crippen LogP) is 0.719. The van der Waals surface area contributed by atoms with Gasteiger partial charge >= 0.3 is 0 Å². The molecule has 0 bridgehead atoms. The maximum absolute atomic E-state index is 11.5. The molecule has 1 aromatic rings. The zero-order valence-corrected chi connectivity index (χ0v) is 8.31. The highest BCUT2D eigenvalue weighted by molar-refractivity contribution is 7.90. The van der Waals surface area contributed by atoms with Gasteiger partial charge in [-0.05, 0) is 12.1 Å². The summed E-state index contributed by atoms with van der Waals surface area (Å²) in [4.78, 5) is 2.05. The molecule has 0 aromatic heterocycles. The second-order valence-electron chi connectivity index (χ2n) is 3.04. The van der Waals surface area contributed by atoms with Gasteiger partial charge < -0.3 is 4.90 Å². The number of sulfonamides is 1. The molecule has 1 fully saturated rings.